The highest BCUT2D eigenvalue weighted by Gasteiger charge is 2.20. The molecule has 88 valence electrons. The van der Waals surface area contributed by atoms with Crippen LogP contribution in [0.2, 0.25) is 0 Å². The molecule has 1 unspecified atom stereocenters. The Balaban J connectivity index is 2.73. The molecule has 5 heteroatoms. The topological polar surface area (TPSA) is 75.1 Å². The summed E-state index contributed by atoms with van der Waals surface area (Å²) in [6.07, 6.45) is 2.69. The van der Waals surface area contributed by atoms with E-state index in [-0.39, 0.29) is 17.2 Å². The Morgan fingerprint density at radius 2 is 2.00 bits per heavy atom. The Labute approximate surface area is 94.9 Å². The molecule has 0 aliphatic carbocycles. The third-order valence-corrected chi connectivity index (χ3v) is 2.53. The van der Waals surface area contributed by atoms with Gasteiger partial charge in [-0.3, -0.25) is 0 Å². The van der Waals surface area contributed by atoms with Gasteiger partial charge in [0.15, 0.2) is 5.69 Å². The number of nitrogens with zero attached hydrogens (tertiary/aromatic N) is 2. The number of aromatic carboxylic acids is 1. The molecule has 0 aliphatic rings. The normalized spacial score (nSPS) is 13.2. The number of nitrogens with one attached hydrogen (secondary N) is 1. The molecule has 1 aromatic heterocycles. The predicted octanol–water partition coefficient (Wildman–Crippen LogP) is 2.02. The van der Waals surface area contributed by atoms with Crippen molar-refractivity contribution in [3.8, 4) is 0 Å². The lowest BCUT2D eigenvalue weighted by molar-refractivity contribution is 0.0690. The van der Waals surface area contributed by atoms with Gasteiger partial charge in [0.25, 0.3) is 0 Å². The molecule has 1 heterocycles. The van der Waals surface area contributed by atoms with Gasteiger partial charge in [-0.2, -0.15) is 0 Å². The molecule has 1 rings (SSSR count). The van der Waals surface area contributed by atoms with E-state index in [0.29, 0.717) is 5.82 Å². The van der Waals surface area contributed by atoms with Crippen LogP contribution in [0.1, 0.15) is 38.2 Å². The first-order valence-corrected chi connectivity index (χ1v) is 5.12. The number of anilines is 1. The van der Waals surface area contributed by atoms with Crippen LogP contribution < -0.4 is 5.32 Å². The minimum absolute atomic E-state index is 0.0473. The van der Waals surface area contributed by atoms with Gasteiger partial charge in [-0.05, 0) is 12.3 Å². The number of hydrogen-bond donors (Lipinski definition) is 2. The van der Waals surface area contributed by atoms with Crippen LogP contribution in [0, 0.1) is 5.41 Å². The predicted molar refractivity (Wildman–Crippen MR) is 61.5 cm³/mol. The van der Waals surface area contributed by atoms with Crippen molar-refractivity contribution >= 4 is 11.8 Å². The fourth-order valence-corrected chi connectivity index (χ4v) is 0.951. The van der Waals surface area contributed by atoms with E-state index in [2.05, 4.69) is 36.1 Å². The Morgan fingerprint density at radius 3 is 2.38 bits per heavy atom. The molecule has 0 spiro atoms. The molecule has 0 saturated carbocycles. The van der Waals surface area contributed by atoms with Crippen molar-refractivity contribution in [2.45, 2.75) is 33.7 Å². The van der Waals surface area contributed by atoms with Crippen molar-refractivity contribution in [1.29, 1.82) is 0 Å². The summed E-state index contributed by atoms with van der Waals surface area (Å²) >= 11 is 0. The van der Waals surface area contributed by atoms with Gasteiger partial charge in [-0.15, -0.1) is 0 Å². The van der Waals surface area contributed by atoms with E-state index < -0.39 is 5.97 Å². The van der Waals surface area contributed by atoms with Gasteiger partial charge in [-0.25, -0.2) is 14.8 Å². The largest absolute Gasteiger partial charge is 0.476 e. The number of carboxylic acid groups (broad SMARTS) is 1. The van der Waals surface area contributed by atoms with Crippen LogP contribution in [0.15, 0.2) is 12.4 Å². The zero-order valence-corrected chi connectivity index (χ0v) is 9.98. The molecule has 16 heavy (non-hydrogen) atoms. The summed E-state index contributed by atoms with van der Waals surface area (Å²) < 4.78 is 0. The molecule has 1 atom stereocenters. The first-order chi connectivity index (χ1) is 7.30. The van der Waals surface area contributed by atoms with Gasteiger partial charge in [0.2, 0.25) is 0 Å². The monoisotopic (exact) mass is 223 g/mol. The Bertz CT molecular complexity index is 368. The van der Waals surface area contributed by atoms with E-state index in [0.717, 1.165) is 0 Å². The SMILES string of the molecule is CC(Nc1cnc(C(=O)O)cn1)C(C)(C)C. The van der Waals surface area contributed by atoms with Crippen molar-refractivity contribution in [2.24, 2.45) is 5.41 Å². The van der Waals surface area contributed by atoms with Gasteiger partial charge >= 0.3 is 5.97 Å². The van der Waals surface area contributed by atoms with Crippen LogP contribution in [0.3, 0.4) is 0 Å². The maximum absolute atomic E-state index is 10.6. The molecule has 0 aliphatic heterocycles. The van der Waals surface area contributed by atoms with Crippen molar-refractivity contribution in [1.82, 2.24) is 9.97 Å². The smallest absolute Gasteiger partial charge is 0.356 e. The van der Waals surface area contributed by atoms with Crippen molar-refractivity contribution in [3.05, 3.63) is 18.1 Å². The molecular formula is C11H17N3O2. The zero-order chi connectivity index (χ0) is 12.3. The van der Waals surface area contributed by atoms with Crippen molar-refractivity contribution < 1.29 is 9.90 Å². The lowest BCUT2D eigenvalue weighted by Gasteiger charge is -2.28. The quantitative estimate of drug-likeness (QED) is 0.820. The zero-order valence-electron chi connectivity index (χ0n) is 9.98. The van der Waals surface area contributed by atoms with Gasteiger partial charge in [0, 0.05) is 6.04 Å². The number of hydrogen-bond acceptors (Lipinski definition) is 4. The fraction of sp³-hybridized carbons (Fsp3) is 0.545. The molecule has 5 nitrogen and oxygen atoms in total. The molecule has 1 aromatic rings. The highest BCUT2D eigenvalue weighted by molar-refractivity contribution is 5.84. The molecule has 0 fully saturated rings. The van der Waals surface area contributed by atoms with Gasteiger partial charge < -0.3 is 10.4 Å². The standard InChI is InChI=1S/C11H17N3O2/c1-7(11(2,3)4)14-9-6-12-8(5-13-9)10(15)16/h5-7H,1-4H3,(H,13,14)(H,15,16). The van der Waals surface area contributed by atoms with Crippen LogP contribution >= 0.6 is 0 Å². The van der Waals surface area contributed by atoms with Crippen LogP contribution in [0.5, 0.6) is 0 Å². The molecule has 0 amide bonds. The summed E-state index contributed by atoms with van der Waals surface area (Å²) in [4.78, 5) is 18.4. The molecule has 0 radical (unpaired) electrons. The van der Waals surface area contributed by atoms with E-state index in [1.165, 1.54) is 12.4 Å². The Morgan fingerprint density at radius 1 is 1.38 bits per heavy atom. The van der Waals surface area contributed by atoms with Crippen LogP contribution in [0.4, 0.5) is 5.82 Å². The molecule has 0 aromatic carbocycles. The summed E-state index contributed by atoms with van der Waals surface area (Å²) in [5.74, 6) is -0.477. The van der Waals surface area contributed by atoms with E-state index in [9.17, 15) is 4.79 Å². The van der Waals surface area contributed by atoms with Gasteiger partial charge in [-0.1, -0.05) is 20.8 Å². The Kier molecular flexibility index (Phi) is 3.47. The van der Waals surface area contributed by atoms with Crippen molar-refractivity contribution in [2.75, 3.05) is 5.32 Å². The van der Waals surface area contributed by atoms with Crippen LogP contribution in [0.25, 0.3) is 0 Å². The van der Waals surface area contributed by atoms with Crippen LogP contribution in [-0.4, -0.2) is 27.1 Å². The molecule has 2 N–H and O–H groups in total. The second-order valence-corrected chi connectivity index (χ2v) is 4.82. The third kappa shape index (κ3) is 3.18. The fourth-order valence-electron chi connectivity index (χ4n) is 0.951. The van der Waals surface area contributed by atoms with Crippen LogP contribution in [-0.2, 0) is 0 Å². The molecule has 0 bridgehead atoms. The maximum Gasteiger partial charge on any atom is 0.356 e. The van der Waals surface area contributed by atoms with E-state index in [4.69, 9.17) is 5.11 Å². The highest BCUT2D eigenvalue weighted by atomic mass is 16.4. The Hall–Kier alpha value is -1.65. The average Bonchev–Trinajstić information content (AvgIpc) is 2.17. The van der Waals surface area contributed by atoms with Gasteiger partial charge in [0.1, 0.15) is 5.82 Å². The van der Waals surface area contributed by atoms with Gasteiger partial charge in [0.05, 0.1) is 12.4 Å². The minimum atomic E-state index is -1.07. The molecular weight excluding hydrogens is 206 g/mol. The van der Waals surface area contributed by atoms with E-state index in [1.807, 2.05) is 6.92 Å². The number of rotatable bonds is 3. The third-order valence-electron chi connectivity index (χ3n) is 2.53. The van der Waals surface area contributed by atoms with E-state index >= 15 is 0 Å². The van der Waals surface area contributed by atoms with Crippen molar-refractivity contribution in [3.63, 3.8) is 0 Å². The number of carbonyl (C=O) groups is 1. The molecule has 0 saturated heterocycles. The van der Waals surface area contributed by atoms with E-state index in [1.54, 1.807) is 0 Å². The first kappa shape index (κ1) is 12.4. The second-order valence-electron chi connectivity index (χ2n) is 4.82. The summed E-state index contributed by atoms with van der Waals surface area (Å²) in [5, 5.41) is 11.8. The lowest BCUT2D eigenvalue weighted by atomic mass is 9.88. The summed E-state index contributed by atoms with van der Waals surface area (Å²) in [5.41, 5.74) is 0.0571. The summed E-state index contributed by atoms with van der Waals surface area (Å²) in [7, 11) is 0. The second kappa shape index (κ2) is 4.47. The maximum atomic E-state index is 10.6. The first-order valence-electron chi connectivity index (χ1n) is 5.12. The average molecular weight is 223 g/mol. The number of aromatic nitrogens is 2. The highest BCUT2D eigenvalue weighted by Crippen LogP contribution is 2.21. The number of carboxylic acids is 1. The lowest BCUT2D eigenvalue weighted by Crippen LogP contribution is -2.31. The minimum Gasteiger partial charge on any atom is -0.476 e. The summed E-state index contributed by atoms with van der Waals surface area (Å²) in [6.45, 7) is 8.39. The summed E-state index contributed by atoms with van der Waals surface area (Å²) in [6, 6.07) is 0.220.